The first-order chi connectivity index (χ1) is 10.3. The highest BCUT2D eigenvalue weighted by Crippen LogP contribution is 2.38. The number of amides is 1. The summed E-state index contributed by atoms with van der Waals surface area (Å²) in [4.78, 5) is 23.5. The predicted octanol–water partition coefficient (Wildman–Crippen LogP) is 1.22. The summed E-state index contributed by atoms with van der Waals surface area (Å²) in [6.45, 7) is 5.57. The first-order valence-corrected chi connectivity index (χ1v) is 7.94. The maximum Gasteiger partial charge on any atom is 0.308 e. The van der Waals surface area contributed by atoms with Gasteiger partial charge in [0.1, 0.15) is 0 Å². The van der Waals surface area contributed by atoms with Gasteiger partial charge in [-0.25, -0.2) is 0 Å². The molecule has 0 aromatic rings. The Morgan fingerprint density at radius 3 is 2.45 bits per heavy atom. The Hall–Kier alpha value is -1.14. The van der Waals surface area contributed by atoms with Crippen molar-refractivity contribution in [1.82, 2.24) is 5.32 Å². The minimum absolute atomic E-state index is 0.00972. The fourth-order valence-electron chi connectivity index (χ4n) is 3.66. The molecule has 1 saturated carbocycles. The second kappa shape index (κ2) is 7.92. The summed E-state index contributed by atoms with van der Waals surface area (Å²) in [6.07, 6.45) is 2.93. The second-order valence-corrected chi connectivity index (χ2v) is 6.46. The molecule has 5 atom stereocenters. The number of hydrogen-bond acceptors (Lipinski definition) is 5. The van der Waals surface area contributed by atoms with Crippen LogP contribution in [0.25, 0.3) is 0 Å². The molecule has 1 amide bonds. The van der Waals surface area contributed by atoms with Gasteiger partial charge in [-0.2, -0.15) is 0 Å². The molecule has 1 aliphatic carbocycles. The third-order valence-electron chi connectivity index (χ3n) is 4.86. The second-order valence-electron chi connectivity index (χ2n) is 6.46. The summed E-state index contributed by atoms with van der Waals surface area (Å²) in [7, 11) is 3.05. The zero-order chi connectivity index (χ0) is 16.9. The largest absolute Gasteiger partial charge is 0.469 e. The van der Waals surface area contributed by atoms with Crippen LogP contribution in [0.15, 0.2) is 0 Å². The molecule has 0 aliphatic heterocycles. The highest BCUT2D eigenvalue weighted by atomic mass is 16.5. The number of rotatable bonds is 7. The van der Waals surface area contributed by atoms with E-state index < -0.39 is 5.60 Å². The van der Waals surface area contributed by atoms with Crippen LogP contribution in [0.4, 0.5) is 0 Å². The molecule has 6 nitrogen and oxygen atoms in total. The Kier molecular flexibility index (Phi) is 6.81. The molecule has 1 rings (SSSR count). The minimum Gasteiger partial charge on any atom is -0.469 e. The van der Waals surface area contributed by atoms with E-state index in [9.17, 15) is 9.59 Å². The number of carbonyl (C=O) groups is 2. The SMILES string of the molecule is CCC[C@](C)(OC)[C@H](NC(C)=O)[C@@H]1C[C@@H](C(=O)OC)C[C@H]1N. The summed E-state index contributed by atoms with van der Waals surface area (Å²) in [5, 5.41) is 3.01. The lowest BCUT2D eigenvalue weighted by atomic mass is 9.79. The third-order valence-corrected chi connectivity index (χ3v) is 4.86. The molecule has 6 heteroatoms. The molecular formula is C16H30N2O4. The van der Waals surface area contributed by atoms with Crippen molar-refractivity contribution in [2.75, 3.05) is 14.2 Å². The zero-order valence-corrected chi connectivity index (χ0v) is 14.3. The lowest BCUT2D eigenvalue weighted by Crippen LogP contribution is -2.58. The summed E-state index contributed by atoms with van der Waals surface area (Å²) in [6, 6.07) is -0.383. The normalized spacial score (nSPS) is 28.7. The standard InChI is InChI=1S/C16H30N2O4/c1-6-7-16(3,22-5)14(18-10(2)19)12-8-11(9-13(12)17)15(20)21-4/h11-14H,6-9,17H2,1-5H3,(H,18,19)/t11-,12-,13-,14-,16+/m1/s1. The fraction of sp³-hybridized carbons (Fsp3) is 0.875. The lowest BCUT2D eigenvalue weighted by molar-refractivity contribution is -0.145. The van der Waals surface area contributed by atoms with E-state index in [1.54, 1.807) is 7.11 Å². The highest BCUT2D eigenvalue weighted by Gasteiger charge is 2.47. The average molecular weight is 314 g/mol. The Bertz CT molecular complexity index is 402. The molecule has 0 radical (unpaired) electrons. The summed E-state index contributed by atoms with van der Waals surface area (Å²) in [5.74, 6) is -0.555. The van der Waals surface area contributed by atoms with Crippen molar-refractivity contribution in [2.24, 2.45) is 17.6 Å². The van der Waals surface area contributed by atoms with E-state index in [0.29, 0.717) is 12.8 Å². The molecule has 0 saturated heterocycles. The zero-order valence-electron chi connectivity index (χ0n) is 14.3. The number of ether oxygens (including phenoxy) is 2. The Morgan fingerprint density at radius 2 is 2.00 bits per heavy atom. The molecule has 128 valence electrons. The van der Waals surface area contributed by atoms with Crippen molar-refractivity contribution < 1.29 is 19.1 Å². The van der Waals surface area contributed by atoms with Crippen molar-refractivity contribution in [2.45, 2.75) is 64.1 Å². The molecule has 0 unspecified atom stereocenters. The van der Waals surface area contributed by atoms with Crippen LogP contribution < -0.4 is 11.1 Å². The third kappa shape index (κ3) is 4.20. The van der Waals surface area contributed by atoms with E-state index in [4.69, 9.17) is 15.2 Å². The van der Waals surface area contributed by atoms with Gasteiger partial charge < -0.3 is 20.5 Å². The van der Waals surface area contributed by atoms with Crippen LogP contribution in [0, 0.1) is 11.8 Å². The molecule has 22 heavy (non-hydrogen) atoms. The number of hydrogen-bond donors (Lipinski definition) is 2. The number of carbonyl (C=O) groups excluding carboxylic acids is 2. The van der Waals surface area contributed by atoms with Crippen molar-refractivity contribution in [3.63, 3.8) is 0 Å². The van der Waals surface area contributed by atoms with Crippen molar-refractivity contribution in [1.29, 1.82) is 0 Å². The first-order valence-electron chi connectivity index (χ1n) is 7.94. The molecule has 3 N–H and O–H groups in total. The molecule has 0 spiro atoms. The van der Waals surface area contributed by atoms with Gasteiger partial charge in [-0.15, -0.1) is 0 Å². The monoisotopic (exact) mass is 314 g/mol. The molecular weight excluding hydrogens is 284 g/mol. The minimum atomic E-state index is -0.506. The van der Waals surface area contributed by atoms with E-state index >= 15 is 0 Å². The predicted molar refractivity (Wildman–Crippen MR) is 84.1 cm³/mol. The van der Waals surface area contributed by atoms with Gasteiger partial charge in [0.2, 0.25) is 5.91 Å². The smallest absolute Gasteiger partial charge is 0.308 e. The quantitative estimate of drug-likeness (QED) is 0.690. The molecule has 0 aromatic heterocycles. The van der Waals surface area contributed by atoms with Gasteiger partial charge in [0.15, 0.2) is 0 Å². The van der Waals surface area contributed by atoms with E-state index in [0.717, 1.165) is 12.8 Å². The topological polar surface area (TPSA) is 90.6 Å². The van der Waals surface area contributed by atoms with Gasteiger partial charge in [0.05, 0.1) is 24.7 Å². The first kappa shape index (κ1) is 18.9. The molecule has 0 heterocycles. The number of nitrogens with one attached hydrogen (secondary N) is 1. The van der Waals surface area contributed by atoms with E-state index in [-0.39, 0.29) is 35.8 Å². The van der Waals surface area contributed by atoms with Gasteiger partial charge in [-0.3, -0.25) is 9.59 Å². The van der Waals surface area contributed by atoms with Crippen molar-refractivity contribution in [3.8, 4) is 0 Å². The Balaban J connectivity index is 3.01. The molecule has 1 fully saturated rings. The van der Waals surface area contributed by atoms with Gasteiger partial charge >= 0.3 is 5.97 Å². The van der Waals surface area contributed by atoms with Gasteiger partial charge in [-0.1, -0.05) is 13.3 Å². The van der Waals surface area contributed by atoms with Crippen LogP contribution in [0.1, 0.15) is 46.5 Å². The maximum absolute atomic E-state index is 11.8. The van der Waals surface area contributed by atoms with Crippen LogP contribution in [0.2, 0.25) is 0 Å². The van der Waals surface area contributed by atoms with Gasteiger partial charge in [-0.05, 0) is 32.1 Å². The number of nitrogens with two attached hydrogens (primary N) is 1. The molecule has 0 aromatic carbocycles. The van der Waals surface area contributed by atoms with Crippen LogP contribution in [0.5, 0.6) is 0 Å². The summed E-state index contributed by atoms with van der Waals surface area (Å²) in [5.41, 5.74) is 5.77. The Morgan fingerprint density at radius 1 is 1.36 bits per heavy atom. The van der Waals surface area contributed by atoms with Gasteiger partial charge in [0, 0.05) is 20.1 Å². The van der Waals surface area contributed by atoms with E-state index in [1.165, 1.54) is 14.0 Å². The Labute approximate surface area is 133 Å². The number of esters is 1. The lowest BCUT2D eigenvalue weighted by Gasteiger charge is -2.41. The maximum atomic E-state index is 11.8. The summed E-state index contributed by atoms with van der Waals surface area (Å²) < 4.78 is 10.6. The van der Waals surface area contributed by atoms with Crippen LogP contribution >= 0.6 is 0 Å². The van der Waals surface area contributed by atoms with Crippen LogP contribution in [-0.4, -0.2) is 43.8 Å². The highest BCUT2D eigenvalue weighted by molar-refractivity contribution is 5.74. The number of methoxy groups -OCH3 is 2. The van der Waals surface area contributed by atoms with E-state index in [2.05, 4.69) is 12.2 Å². The van der Waals surface area contributed by atoms with Gasteiger partial charge in [0.25, 0.3) is 0 Å². The molecule has 0 bridgehead atoms. The average Bonchev–Trinajstić information content (AvgIpc) is 2.85. The van der Waals surface area contributed by atoms with Crippen molar-refractivity contribution in [3.05, 3.63) is 0 Å². The van der Waals surface area contributed by atoms with Crippen LogP contribution in [-0.2, 0) is 19.1 Å². The molecule has 1 aliphatic rings. The summed E-state index contributed by atoms with van der Waals surface area (Å²) >= 11 is 0. The van der Waals surface area contributed by atoms with Crippen molar-refractivity contribution >= 4 is 11.9 Å². The van der Waals surface area contributed by atoms with E-state index in [1.807, 2.05) is 6.92 Å². The van der Waals surface area contributed by atoms with Crippen LogP contribution in [0.3, 0.4) is 0 Å². The fourth-order valence-corrected chi connectivity index (χ4v) is 3.66.